The van der Waals surface area contributed by atoms with Crippen molar-refractivity contribution >= 4 is 23.1 Å². The summed E-state index contributed by atoms with van der Waals surface area (Å²) in [6.07, 6.45) is 3.73. The Bertz CT molecular complexity index is 649. The summed E-state index contributed by atoms with van der Waals surface area (Å²) in [5.74, 6) is 0.790. The van der Waals surface area contributed by atoms with Gasteiger partial charge in [-0.05, 0) is 36.2 Å². The highest BCUT2D eigenvalue weighted by Crippen LogP contribution is 2.34. The van der Waals surface area contributed by atoms with Gasteiger partial charge in [0.05, 0.1) is 17.2 Å². The van der Waals surface area contributed by atoms with Crippen LogP contribution in [0.4, 0.5) is 11.5 Å². The molecule has 114 valence electrons. The van der Waals surface area contributed by atoms with Crippen LogP contribution in [-0.2, 0) is 11.2 Å². The highest BCUT2D eigenvalue weighted by Gasteiger charge is 2.45. The molecule has 0 saturated carbocycles. The molecule has 2 atom stereocenters. The number of anilines is 2. The molecular formula is C17H18ClN3O. The molecular weight excluding hydrogens is 298 g/mol. The fourth-order valence-electron chi connectivity index (χ4n) is 3.29. The van der Waals surface area contributed by atoms with Crippen molar-refractivity contribution in [3.8, 4) is 0 Å². The first-order valence-corrected chi connectivity index (χ1v) is 7.94. The number of pyridine rings is 1. The number of rotatable bonds is 4. The van der Waals surface area contributed by atoms with E-state index in [9.17, 15) is 0 Å². The predicted octanol–water partition coefficient (Wildman–Crippen LogP) is 3.15. The maximum atomic E-state index is 5.98. The van der Waals surface area contributed by atoms with Gasteiger partial charge in [0.2, 0.25) is 0 Å². The van der Waals surface area contributed by atoms with Crippen LogP contribution >= 0.6 is 11.6 Å². The van der Waals surface area contributed by atoms with E-state index in [1.54, 1.807) is 6.20 Å². The monoisotopic (exact) mass is 315 g/mol. The molecule has 0 amide bonds. The van der Waals surface area contributed by atoms with Crippen molar-refractivity contribution in [3.05, 3.63) is 53.2 Å². The zero-order valence-corrected chi connectivity index (χ0v) is 12.9. The van der Waals surface area contributed by atoms with E-state index < -0.39 is 0 Å². The van der Waals surface area contributed by atoms with Gasteiger partial charge in [0.15, 0.2) is 0 Å². The van der Waals surface area contributed by atoms with Gasteiger partial charge in [-0.15, -0.1) is 0 Å². The third-order valence-corrected chi connectivity index (χ3v) is 4.63. The molecule has 0 unspecified atom stereocenters. The van der Waals surface area contributed by atoms with Crippen molar-refractivity contribution in [1.29, 1.82) is 0 Å². The van der Waals surface area contributed by atoms with Gasteiger partial charge in [0, 0.05) is 30.9 Å². The molecule has 1 aromatic heterocycles. The molecule has 0 aliphatic carbocycles. The summed E-state index contributed by atoms with van der Waals surface area (Å²) in [6.45, 7) is 1.81. The SMILES string of the molecule is Clc1ccc(Nc2ccc(C[C@]34CN[C@H](CO3)C4)cc2)nc1. The summed E-state index contributed by atoms with van der Waals surface area (Å²) in [6, 6.07) is 12.7. The number of aromatic nitrogens is 1. The maximum absolute atomic E-state index is 5.98. The topological polar surface area (TPSA) is 46.2 Å². The molecule has 22 heavy (non-hydrogen) atoms. The molecule has 2 saturated heterocycles. The fraction of sp³-hybridized carbons (Fsp3) is 0.353. The zero-order chi connectivity index (χ0) is 15.0. The van der Waals surface area contributed by atoms with E-state index in [1.807, 2.05) is 12.1 Å². The van der Waals surface area contributed by atoms with Crippen molar-refractivity contribution in [1.82, 2.24) is 10.3 Å². The number of nitrogens with zero attached hydrogens (tertiary/aromatic N) is 1. The first-order valence-electron chi connectivity index (χ1n) is 7.56. The molecule has 2 aromatic rings. The van der Waals surface area contributed by atoms with Crippen molar-refractivity contribution in [2.75, 3.05) is 18.5 Å². The van der Waals surface area contributed by atoms with Gasteiger partial charge < -0.3 is 15.4 Å². The molecule has 2 aliphatic heterocycles. The fourth-order valence-corrected chi connectivity index (χ4v) is 3.40. The van der Waals surface area contributed by atoms with E-state index in [0.29, 0.717) is 11.1 Å². The van der Waals surface area contributed by atoms with Gasteiger partial charge in [-0.3, -0.25) is 0 Å². The lowest BCUT2D eigenvalue weighted by molar-refractivity contribution is -0.00521. The van der Waals surface area contributed by atoms with Gasteiger partial charge in [-0.1, -0.05) is 23.7 Å². The number of halogens is 1. The van der Waals surface area contributed by atoms with E-state index in [2.05, 4.69) is 39.9 Å². The average molecular weight is 316 g/mol. The third-order valence-electron chi connectivity index (χ3n) is 4.40. The number of fused-ring (bicyclic) bond motifs is 2. The zero-order valence-electron chi connectivity index (χ0n) is 12.2. The van der Waals surface area contributed by atoms with E-state index in [1.165, 1.54) is 5.56 Å². The van der Waals surface area contributed by atoms with Gasteiger partial charge in [0.25, 0.3) is 0 Å². The minimum Gasteiger partial charge on any atom is -0.372 e. The molecule has 1 aromatic carbocycles. The summed E-state index contributed by atoms with van der Waals surface area (Å²) in [7, 11) is 0. The Morgan fingerprint density at radius 2 is 2.14 bits per heavy atom. The smallest absolute Gasteiger partial charge is 0.130 e. The standard InChI is InChI=1S/C17H18ClN3O/c18-13-3-6-16(19-9-13)21-14-4-1-12(2-5-14)7-17-8-15(10-22-17)20-11-17/h1-6,9,15,20H,7-8,10-11H2,(H,19,21)/t15-,17-/m0/s1. The lowest BCUT2D eigenvalue weighted by Gasteiger charge is -2.26. The van der Waals surface area contributed by atoms with E-state index in [-0.39, 0.29) is 5.60 Å². The average Bonchev–Trinajstić information content (AvgIpc) is 3.12. The van der Waals surface area contributed by atoms with Gasteiger partial charge >= 0.3 is 0 Å². The Kier molecular flexibility index (Phi) is 3.53. The largest absolute Gasteiger partial charge is 0.372 e. The molecule has 2 fully saturated rings. The Labute approximate surface area is 134 Å². The summed E-state index contributed by atoms with van der Waals surface area (Å²) >= 11 is 5.84. The number of ether oxygens (including phenoxy) is 1. The van der Waals surface area contributed by atoms with Crippen LogP contribution < -0.4 is 10.6 Å². The van der Waals surface area contributed by atoms with Crippen molar-refractivity contribution < 1.29 is 4.74 Å². The third kappa shape index (κ3) is 2.82. The lowest BCUT2D eigenvalue weighted by atomic mass is 9.93. The predicted molar refractivity (Wildman–Crippen MR) is 87.8 cm³/mol. The van der Waals surface area contributed by atoms with E-state index in [0.717, 1.165) is 37.5 Å². The summed E-state index contributed by atoms with van der Waals surface area (Å²) in [5.41, 5.74) is 2.34. The lowest BCUT2D eigenvalue weighted by Crippen LogP contribution is -2.40. The summed E-state index contributed by atoms with van der Waals surface area (Å²) in [5, 5.41) is 7.42. The summed E-state index contributed by atoms with van der Waals surface area (Å²) in [4.78, 5) is 4.24. The van der Waals surface area contributed by atoms with Crippen molar-refractivity contribution in [3.63, 3.8) is 0 Å². The van der Waals surface area contributed by atoms with Crippen LogP contribution in [0, 0.1) is 0 Å². The van der Waals surface area contributed by atoms with Crippen LogP contribution in [-0.4, -0.2) is 29.8 Å². The molecule has 2 aliphatic rings. The maximum Gasteiger partial charge on any atom is 0.130 e. The van der Waals surface area contributed by atoms with Crippen LogP contribution in [0.25, 0.3) is 0 Å². The quantitative estimate of drug-likeness (QED) is 0.910. The minimum absolute atomic E-state index is 0.0113. The first-order chi connectivity index (χ1) is 10.7. The molecule has 0 radical (unpaired) electrons. The van der Waals surface area contributed by atoms with Gasteiger partial charge in [0.1, 0.15) is 5.82 Å². The number of benzene rings is 1. The Hall–Kier alpha value is -1.62. The van der Waals surface area contributed by atoms with Crippen LogP contribution in [0.5, 0.6) is 0 Å². The van der Waals surface area contributed by atoms with E-state index >= 15 is 0 Å². The second-order valence-electron chi connectivity index (χ2n) is 6.14. The first kappa shape index (κ1) is 14.0. The molecule has 5 heteroatoms. The number of hydrogen-bond acceptors (Lipinski definition) is 4. The molecule has 2 N–H and O–H groups in total. The number of hydrogen-bond donors (Lipinski definition) is 2. The molecule has 4 nitrogen and oxygen atoms in total. The van der Waals surface area contributed by atoms with Gasteiger partial charge in [-0.2, -0.15) is 0 Å². The molecule has 0 spiro atoms. The Morgan fingerprint density at radius 3 is 2.73 bits per heavy atom. The highest BCUT2D eigenvalue weighted by molar-refractivity contribution is 6.30. The second-order valence-corrected chi connectivity index (χ2v) is 6.57. The van der Waals surface area contributed by atoms with Crippen molar-refractivity contribution in [2.45, 2.75) is 24.5 Å². The van der Waals surface area contributed by atoms with Crippen LogP contribution in [0.1, 0.15) is 12.0 Å². The normalized spacial score (nSPS) is 26.3. The van der Waals surface area contributed by atoms with Crippen LogP contribution in [0.15, 0.2) is 42.6 Å². The Morgan fingerprint density at radius 1 is 1.27 bits per heavy atom. The van der Waals surface area contributed by atoms with Crippen molar-refractivity contribution in [2.24, 2.45) is 0 Å². The minimum atomic E-state index is 0.0113. The van der Waals surface area contributed by atoms with Crippen LogP contribution in [0.2, 0.25) is 5.02 Å². The number of morpholine rings is 1. The van der Waals surface area contributed by atoms with Crippen LogP contribution in [0.3, 0.4) is 0 Å². The Balaban J connectivity index is 1.43. The second kappa shape index (κ2) is 5.54. The van der Waals surface area contributed by atoms with E-state index in [4.69, 9.17) is 16.3 Å². The molecule has 2 bridgehead atoms. The van der Waals surface area contributed by atoms with Gasteiger partial charge in [-0.25, -0.2) is 4.98 Å². The molecule has 4 rings (SSSR count). The highest BCUT2D eigenvalue weighted by atomic mass is 35.5. The molecule has 3 heterocycles. The number of nitrogens with one attached hydrogen (secondary N) is 2. The summed E-state index contributed by atoms with van der Waals surface area (Å²) < 4.78 is 5.98.